The van der Waals surface area contributed by atoms with E-state index in [2.05, 4.69) is 24.4 Å². The van der Waals surface area contributed by atoms with Crippen molar-refractivity contribution < 1.29 is 9.59 Å². The number of hydrogen-bond acceptors (Lipinski definition) is 3. The van der Waals surface area contributed by atoms with Crippen molar-refractivity contribution in [2.24, 2.45) is 17.8 Å². The predicted molar refractivity (Wildman–Crippen MR) is 100 cm³/mol. The summed E-state index contributed by atoms with van der Waals surface area (Å²) in [4.78, 5) is 29.5. The van der Waals surface area contributed by atoms with Crippen molar-refractivity contribution in [3.05, 3.63) is 35.9 Å². The minimum atomic E-state index is -0.176. The molecule has 3 fully saturated rings. The van der Waals surface area contributed by atoms with Crippen molar-refractivity contribution in [2.75, 3.05) is 32.7 Å². The summed E-state index contributed by atoms with van der Waals surface area (Å²) >= 11 is 0. The highest BCUT2D eigenvalue weighted by molar-refractivity contribution is 5.89. The molecule has 0 radical (unpaired) electrons. The van der Waals surface area contributed by atoms with Gasteiger partial charge in [-0.15, -0.1) is 0 Å². The second kappa shape index (κ2) is 7.39. The average Bonchev–Trinajstić information content (AvgIpc) is 3.23. The Morgan fingerprint density at radius 3 is 2.42 bits per heavy atom. The maximum absolute atomic E-state index is 13.1. The molecule has 4 rings (SSSR count). The SMILES string of the molecule is CC(c1ccccc1)N1CC(C(=O)N2CC[C@@H]3CNC[C@@H]3CC2)CC1=O. The van der Waals surface area contributed by atoms with Crippen LogP contribution in [-0.2, 0) is 9.59 Å². The van der Waals surface area contributed by atoms with Gasteiger partial charge in [0.1, 0.15) is 0 Å². The van der Waals surface area contributed by atoms with Crippen LogP contribution in [0.4, 0.5) is 0 Å². The Morgan fingerprint density at radius 1 is 1.12 bits per heavy atom. The number of carbonyl (C=O) groups is 2. The zero-order valence-corrected chi connectivity index (χ0v) is 15.6. The molecule has 0 bridgehead atoms. The summed E-state index contributed by atoms with van der Waals surface area (Å²) < 4.78 is 0. The Kier molecular flexibility index (Phi) is 4.98. The maximum Gasteiger partial charge on any atom is 0.227 e. The summed E-state index contributed by atoms with van der Waals surface area (Å²) in [5, 5.41) is 3.48. The molecule has 3 aliphatic rings. The number of benzene rings is 1. The largest absolute Gasteiger partial charge is 0.342 e. The number of nitrogens with one attached hydrogen (secondary N) is 1. The van der Waals surface area contributed by atoms with Crippen molar-refractivity contribution in [3.8, 4) is 0 Å². The van der Waals surface area contributed by atoms with Crippen LogP contribution in [0.1, 0.15) is 37.8 Å². The lowest BCUT2D eigenvalue weighted by Crippen LogP contribution is -2.38. The Bertz CT molecular complexity index is 648. The van der Waals surface area contributed by atoms with E-state index in [1.807, 2.05) is 28.0 Å². The van der Waals surface area contributed by atoms with Crippen LogP contribution < -0.4 is 5.32 Å². The van der Waals surface area contributed by atoms with Gasteiger partial charge < -0.3 is 15.1 Å². The third kappa shape index (κ3) is 3.37. The quantitative estimate of drug-likeness (QED) is 0.903. The Labute approximate surface area is 155 Å². The predicted octanol–water partition coefficient (Wildman–Crippen LogP) is 2.05. The van der Waals surface area contributed by atoms with Crippen molar-refractivity contribution in [2.45, 2.75) is 32.2 Å². The molecule has 26 heavy (non-hydrogen) atoms. The Morgan fingerprint density at radius 2 is 1.77 bits per heavy atom. The highest BCUT2D eigenvalue weighted by atomic mass is 16.2. The van der Waals surface area contributed by atoms with Gasteiger partial charge in [-0.2, -0.15) is 0 Å². The average molecular weight is 355 g/mol. The minimum Gasteiger partial charge on any atom is -0.342 e. The van der Waals surface area contributed by atoms with Crippen LogP contribution in [0.5, 0.6) is 0 Å². The molecule has 0 saturated carbocycles. The van der Waals surface area contributed by atoms with Crippen molar-refractivity contribution in [1.29, 1.82) is 0 Å². The van der Waals surface area contributed by atoms with E-state index in [0.29, 0.717) is 24.8 Å². The number of hydrogen-bond donors (Lipinski definition) is 1. The fourth-order valence-electron chi connectivity index (χ4n) is 4.88. The number of rotatable bonds is 3. The van der Waals surface area contributed by atoms with E-state index < -0.39 is 0 Å². The number of fused-ring (bicyclic) bond motifs is 1. The topological polar surface area (TPSA) is 52.7 Å². The third-order valence-corrected chi connectivity index (χ3v) is 6.59. The first-order chi connectivity index (χ1) is 12.6. The summed E-state index contributed by atoms with van der Waals surface area (Å²) in [5.41, 5.74) is 1.13. The number of carbonyl (C=O) groups excluding carboxylic acids is 2. The van der Waals surface area contributed by atoms with Gasteiger partial charge in [0, 0.05) is 26.1 Å². The highest BCUT2D eigenvalue weighted by Gasteiger charge is 2.40. The molecular weight excluding hydrogens is 326 g/mol. The zero-order chi connectivity index (χ0) is 18.1. The van der Waals surface area contributed by atoms with Crippen molar-refractivity contribution in [1.82, 2.24) is 15.1 Å². The van der Waals surface area contributed by atoms with Crippen LogP contribution in [-0.4, -0.2) is 54.3 Å². The molecule has 2 amide bonds. The Balaban J connectivity index is 1.39. The molecular formula is C21H29N3O2. The van der Waals surface area contributed by atoms with E-state index in [0.717, 1.165) is 44.6 Å². The van der Waals surface area contributed by atoms with Crippen LogP contribution >= 0.6 is 0 Å². The number of amides is 2. The van der Waals surface area contributed by atoms with Crippen LogP contribution in [0.25, 0.3) is 0 Å². The monoisotopic (exact) mass is 355 g/mol. The molecule has 0 spiro atoms. The molecule has 5 heteroatoms. The molecule has 3 saturated heterocycles. The number of likely N-dealkylation sites (tertiary alicyclic amines) is 2. The summed E-state index contributed by atoms with van der Waals surface area (Å²) in [7, 11) is 0. The van der Waals surface area contributed by atoms with E-state index in [-0.39, 0.29) is 23.8 Å². The number of nitrogens with zero attached hydrogens (tertiary/aromatic N) is 2. The highest BCUT2D eigenvalue weighted by Crippen LogP contribution is 2.31. The van der Waals surface area contributed by atoms with E-state index in [9.17, 15) is 9.59 Å². The Hall–Kier alpha value is -1.88. The smallest absolute Gasteiger partial charge is 0.227 e. The molecule has 3 heterocycles. The van der Waals surface area contributed by atoms with Gasteiger partial charge in [-0.3, -0.25) is 9.59 Å². The van der Waals surface area contributed by atoms with Gasteiger partial charge in [0.15, 0.2) is 0 Å². The lowest BCUT2D eigenvalue weighted by atomic mass is 9.92. The maximum atomic E-state index is 13.1. The minimum absolute atomic E-state index is 0.0241. The summed E-state index contributed by atoms with van der Waals surface area (Å²) in [6.07, 6.45) is 2.54. The second-order valence-electron chi connectivity index (χ2n) is 8.11. The van der Waals surface area contributed by atoms with E-state index in [4.69, 9.17) is 0 Å². The molecule has 2 unspecified atom stereocenters. The second-order valence-corrected chi connectivity index (χ2v) is 8.11. The van der Waals surface area contributed by atoms with E-state index in [1.165, 1.54) is 0 Å². The summed E-state index contributed by atoms with van der Waals surface area (Å²) in [6.45, 7) is 6.49. The molecule has 4 atom stereocenters. The van der Waals surface area contributed by atoms with Gasteiger partial charge in [-0.1, -0.05) is 30.3 Å². The van der Waals surface area contributed by atoms with Gasteiger partial charge >= 0.3 is 0 Å². The lowest BCUT2D eigenvalue weighted by molar-refractivity contribution is -0.135. The van der Waals surface area contributed by atoms with Gasteiger partial charge in [-0.25, -0.2) is 0 Å². The van der Waals surface area contributed by atoms with Crippen LogP contribution in [0.3, 0.4) is 0 Å². The molecule has 1 N–H and O–H groups in total. The molecule has 0 aromatic heterocycles. The molecule has 1 aromatic carbocycles. The van der Waals surface area contributed by atoms with Crippen molar-refractivity contribution >= 4 is 11.8 Å². The molecule has 140 valence electrons. The van der Waals surface area contributed by atoms with Crippen molar-refractivity contribution in [3.63, 3.8) is 0 Å². The van der Waals surface area contributed by atoms with Gasteiger partial charge in [0.25, 0.3) is 0 Å². The van der Waals surface area contributed by atoms with Gasteiger partial charge in [-0.05, 0) is 50.3 Å². The van der Waals surface area contributed by atoms with Crippen LogP contribution in [0.15, 0.2) is 30.3 Å². The first-order valence-corrected chi connectivity index (χ1v) is 9.97. The molecule has 1 aromatic rings. The molecule has 3 aliphatic heterocycles. The fourth-order valence-corrected chi connectivity index (χ4v) is 4.88. The standard InChI is InChI=1S/C21H29N3O2/c1-15(16-5-3-2-4-6-16)24-14-19(11-20(24)25)21(26)23-9-7-17-12-22-13-18(17)8-10-23/h2-6,15,17-19,22H,7-14H2,1H3/t15?,17-,18+,19?. The van der Waals surface area contributed by atoms with Crippen LogP contribution in [0, 0.1) is 17.8 Å². The van der Waals surface area contributed by atoms with Gasteiger partial charge in [0.2, 0.25) is 11.8 Å². The van der Waals surface area contributed by atoms with E-state index in [1.54, 1.807) is 0 Å². The first kappa shape index (κ1) is 17.5. The van der Waals surface area contributed by atoms with E-state index >= 15 is 0 Å². The normalized spacial score (nSPS) is 30.2. The molecule has 5 nitrogen and oxygen atoms in total. The zero-order valence-electron chi connectivity index (χ0n) is 15.6. The van der Waals surface area contributed by atoms with Crippen LogP contribution in [0.2, 0.25) is 0 Å². The summed E-state index contributed by atoms with van der Waals surface area (Å²) in [6, 6.07) is 10.1. The molecule has 0 aliphatic carbocycles. The summed E-state index contributed by atoms with van der Waals surface area (Å²) in [5.74, 6) is 1.55. The fraction of sp³-hybridized carbons (Fsp3) is 0.619. The third-order valence-electron chi connectivity index (χ3n) is 6.59. The first-order valence-electron chi connectivity index (χ1n) is 9.97. The van der Waals surface area contributed by atoms with Gasteiger partial charge in [0.05, 0.1) is 12.0 Å². The lowest BCUT2D eigenvalue weighted by Gasteiger charge is -2.27.